The summed E-state index contributed by atoms with van der Waals surface area (Å²) in [6.07, 6.45) is 4.32. The molecule has 2 aromatic carbocycles. The molecule has 0 atom stereocenters. The molecule has 4 heteroatoms. The van der Waals surface area contributed by atoms with Crippen LogP contribution in [-0.2, 0) is 13.2 Å². The van der Waals surface area contributed by atoms with Crippen molar-refractivity contribution in [2.24, 2.45) is 0 Å². The number of hydrogen-bond acceptors (Lipinski definition) is 3. The van der Waals surface area contributed by atoms with Gasteiger partial charge in [0.25, 0.3) is 5.91 Å². The molecule has 124 valence electrons. The molecule has 0 aliphatic carbocycles. The van der Waals surface area contributed by atoms with Gasteiger partial charge in [-0.2, -0.15) is 0 Å². The fraction of sp³-hybridized carbons (Fsp3) is 0.250. The summed E-state index contributed by atoms with van der Waals surface area (Å²) >= 11 is 0. The van der Waals surface area contributed by atoms with Crippen molar-refractivity contribution in [1.29, 1.82) is 0 Å². The van der Waals surface area contributed by atoms with E-state index < -0.39 is 0 Å². The SMILES string of the molecule is Cc1c(CO)cccc1NC(=O)c1cccc(CN2CC=CC2)c1. The first-order chi connectivity index (χ1) is 11.7. The summed E-state index contributed by atoms with van der Waals surface area (Å²) < 4.78 is 0. The highest BCUT2D eigenvalue weighted by Gasteiger charge is 2.12. The molecule has 0 fully saturated rings. The molecule has 0 saturated heterocycles. The zero-order valence-corrected chi connectivity index (χ0v) is 13.8. The quantitative estimate of drug-likeness (QED) is 0.832. The molecule has 4 nitrogen and oxygen atoms in total. The molecule has 3 rings (SSSR count). The van der Waals surface area contributed by atoms with Gasteiger partial charge in [-0.1, -0.05) is 36.4 Å². The third-order valence-electron chi connectivity index (χ3n) is 4.35. The fourth-order valence-corrected chi connectivity index (χ4v) is 2.90. The molecule has 1 amide bonds. The van der Waals surface area contributed by atoms with Gasteiger partial charge in [-0.15, -0.1) is 0 Å². The first kappa shape index (κ1) is 16.4. The molecule has 1 aliphatic rings. The van der Waals surface area contributed by atoms with E-state index in [4.69, 9.17) is 0 Å². The summed E-state index contributed by atoms with van der Waals surface area (Å²) in [4.78, 5) is 14.9. The van der Waals surface area contributed by atoms with E-state index in [1.807, 2.05) is 49.4 Å². The average Bonchev–Trinajstić information content (AvgIpc) is 3.10. The maximum absolute atomic E-state index is 12.6. The van der Waals surface area contributed by atoms with Crippen molar-refractivity contribution in [3.8, 4) is 0 Å². The smallest absolute Gasteiger partial charge is 0.255 e. The van der Waals surface area contributed by atoms with E-state index in [0.717, 1.165) is 42.0 Å². The lowest BCUT2D eigenvalue weighted by molar-refractivity contribution is 0.102. The highest BCUT2D eigenvalue weighted by molar-refractivity contribution is 6.04. The van der Waals surface area contributed by atoms with Gasteiger partial charge in [0.1, 0.15) is 0 Å². The van der Waals surface area contributed by atoms with Crippen molar-refractivity contribution in [1.82, 2.24) is 4.90 Å². The standard InChI is InChI=1S/C20H22N2O2/c1-15-18(14-23)8-5-9-19(15)21-20(24)17-7-4-6-16(12-17)13-22-10-2-3-11-22/h2-9,12,23H,10-11,13-14H2,1H3,(H,21,24). The first-order valence-electron chi connectivity index (χ1n) is 8.14. The maximum Gasteiger partial charge on any atom is 0.255 e. The Kier molecular flexibility index (Phi) is 5.08. The lowest BCUT2D eigenvalue weighted by Gasteiger charge is -2.15. The Morgan fingerprint density at radius 2 is 1.92 bits per heavy atom. The maximum atomic E-state index is 12.6. The Bertz CT molecular complexity index is 760. The van der Waals surface area contributed by atoms with E-state index in [-0.39, 0.29) is 12.5 Å². The number of rotatable bonds is 5. The molecule has 2 N–H and O–H groups in total. The second kappa shape index (κ2) is 7.43. The van der Waals surface area contributed by atoms with Gasteiger partial charge in [0, 0.05) is 30.9 Å². The van der Waals surface area contributed by atoms with Crippen LogP contribution >= 0.6 is 0 Å². The minimum absolute atomic E-state index is 0.0328. The minimum atomic E-state index is -0.130. The second-order valence-corrected chi connectivity index (χ2v) is 6.07. The average molecular weight is 322 g/mol. The number of anilines is 1. The number of hydrogen-bond donors (Lipinski definition) is 2. The van der Waals surface area contributed by atoms with Crippen LogP contribution in [0.2, 0.25) is 0 Å². The monoisotopic (exact) mass is 322 g/mol. The van der Waals surface area contributed by atoms with Crippen LogP contribution < -0.4 is 5.32 Å². The van der Waals surface area contributed by atoms with Crippen LogP contribution in [0.25, 0.3) is 0 Å². The molecule has 0 saturated carbocycles. The van der Waals surface area contributed by atoms with Crippen LogP contribution in [0.3, 0.4) is 0 Å². The third-order valence-corrected chi connectivity index (χ3v) is 4.35. The second-order valence-electron chi connectivity index (χ2n) is 6.07. The molecule has 0 spiro atoms. The number of nitrogens with zero attached hydrogens (tertiary/aromatic N) is 1. The van der Waals surface area contributed by atoms with Gasteiger partial charge in [0.15, 0.2) is 0 Å². The Labute approximate surface area is 142 Å². The largest absolute Gasteiger partial charge is 0.392 e. The van der Waals surface area contributed by atoms with Gasteiger partial charge in [-0.05, 0) is 41.8 Å². The molecule has 0 aromatic heterocycles. The number of benzene rings is 2. The summed E-state index contributed by atoms with van der Waals surface area (Å²) in [7, 11) is 0. The highest BCUT2D eigenvalue weighted by Crippen LogP contribution is 2.20. The molecule has 0 radical (unpaired) electrons. The fourth-order valence-electron chi connectivity index (χ4n) is 2.90. The number of nitrogens with one attached hydrogen (secondary N) is 1. The van der Waals surface area contributed by atoms with E-state index in [2.05, 4.69) is 22.4 Å². The van der Waals surface area contributed by atoms with Crippen molar-refractivity contribution >= 4 is 11.6 Å². The Balaban J connectivity index is 1.73. The molecular weight excluding hydrogens is 300 g/mol. The number of carbonyl (C=O) groups is 1. The molecular formula is C20H22N2O2. The summed E-state index contributed by atoms with van der Waals surface area (Å²) in [6, 6.07) is 13.3. The summed E-state index contributed by atoms with van der Waals surface area (Å²) in [5.74, 6) is -0.130. The highest BCUT2D eigenvalue weighted by atomic mass is 16.3. The zero-order valence-electron chi connectivity index (χ0n) is 13.8. The Morgan fingerprint density at radius 1 is 1.17 bits per heavy atom. The minimum Gasteiger partial charge on any atom is -0.392 e. The lowest BCUT2D eigenvalue weighted by atomic mass is 10.1. The van der Waals surface area contributed by atoms with Gasteiger partial charge in [0.2, 0.25) is 0 Å². The number of carbonyl (C=O) groups excluding carboxylic acids is 1. The van der Waals surface area contributed by atoms with Crippen LogP contribution in [0.1, 0.15) is 27.0 Å². The normalized spacial score (nSPS) is 14.1. The zero-order chi connectivity index (χ0) is 16.9. The van der Waals surface area contributed by atoms with Crippen molar-refractivity contribution in [3.63, 3.8) is 0 Å². The van der Waals surface area contributed by atoms with Gasteiger partial charge in [-0.25, -0.2) is 0 Å². The summed E-state index contributed by atoms with van der Waals surface area (Å²) in [6.45, 7) is 4.63. The number of aliphatic hydroxyl groups excluding tert-OH is 1. The van der Waals surface area contributed by atoms with E-state index in [0.29, 0.717) is 5.56 Å². The Hall–Kier alpha value is -2.43. The van der Waals surface area contributed by atoms with E-state index in [9.17, 15) is 9.90 Å². The molecule has 1 heterocycles. The van der Waals surface area contributed by atoms with Gasteiger partial charge < -0.3 is 10.4 Å². The van der Waals surface area contributed by atoms with Gasteiger partial charge >= 0.3 is 0 Å². The first-order valence-corrected chi connectivity index (χ1v) is 8.14. The third kappa shape index (κ3) is 3.72. The van der Waals surface area contributed by atoms with Crippen LogP contribution in [-0.4, -0.2) is 29.0 Å². The molecule has 0 unspecified atom stereocenters. The van der Waals surface area contributed by atoms with Crippen molar-refractivity contribution < 1.29 is 9.90 Å². The van der Waals surface area contributed by atoms with Crippen LogP contribution in [0.5, 0.6) is 0 Å². The van der Waals surface area contributed by atoms with Crippen LogP contribution in [0.4, 0.5) is 5.69 Å². The number of amides is 1. The van der Waals surface area contributed by atoms with Crippen LogP contribution in [0.15, 0.2) is 54.6 Å². The molecule has 2 aromatic rings. The van der Waals surface area contributed by atoms with Crippen LogP contribution in [0, 0.1) is 6.92 Å². The van der Waals surface area contributed by atoms with E-state index in [1.165, 1.54) is 0 Å². The molecule has 24 heavy (non-hydrogen) atoms. The number of aliphatic hydroxyl groups is 1. The van der Waals surface area contributed by atoms with Crippen molar-refractivity contribution in [2.45, 2.75) is 20.1 Å². The van der Waals surface area contributed by atoms with Gasteiger partial charge in [0.05, 0.1) is 6.61 Å². The molecule has 0 bridgehead atoms. The lowest BCUT2D eigenvalue weighted by Crippen LogP contribution is -2.19. The topological polar surface area (TPSA) is 52.6 Å². The summed E-state index contributed by atoms with van der Waals surface area (Å²) in [5, 5.41) is 12.3. The molecule has 1 aliphatic heterocycles. The summed E-state index contributed by atoms with van der Waals surface area (Å²) in [5.41, 5.74) is 4.23. The Morgan fingerprint density at radius 3 is 2.67 bits per heavy atom. The van der Waals surface area contributed by atoms with Crippen molar-refractivity contribution in [2.75, 3.05) is 18.4 Å². The van der Waals surface area contributed by atoms with E-state index in [1.54, 1.807) is 0 Å². The van der Waals surface area contributed by atoms with Gasteiger partial charge in [-0.3, -0.25) is 9.69 Å². The predicted octanol–water partition coefficient (Wildman–Crippen LogP) is 3.11. The predicted molar refractivity (Wildman–Crippen MR) is 95.9 cm³/mol. The van der Waals surface area contributed by atoms with E-state index >= 15 is 0 Å². The van der Waals surface area contributed by atoms with Crippen molar-refractivity contribution in [3.05, 3.63) is 76.9 Å².